The van der Waals surface area contributed by atoms with Crippen molar-refractivity contribution < 1.29 is 0 Å². The van der Waals surface area contributed by atoms with Gasteiger partial charge < -0.3 is 9.13 Å². The summed E-state index contributed by atoms with van der Waals surface area (Å²) in [6, 6.07) is 62.8. The Hall–Kier alpha value is -7.68. The van der Waals surface area contributed by atoms with Crippen LogP contribution in [0, 0.1) is 34.6 Å². The Balaban J connectivity index is 1.20. The van der Waals surface area contributed by atoms with Gasteiger partial charge in [0.25, 0.3) is 0 Å². The zero-order chi connectivity index (χ0) is 43.9. The predicted octanol–water partition coefficient (Wildman–Crippen LogP) is 15.3. The van der Waals surface area contributed by atoms with Crippen molar-refractivity contribution in [3.63, 3.8) is 0 Å². The topological polar surface area (TPSA) is 9.86 Å². The summed E-state index contributed by atoms with van der Waals surface area (Å²) in [6.07, 6.45) is 13.2. The number of aryl methyl sites for hydroxylation is 5. The van der Waals surface area contributed by atoms with Crippen LogP contribution in [0.3, 0.4) is 0 Å². The monoisotopic (exact) mass is 824 g/mol. The molecule has 0 saturated heterocycles. The summed E-state index contributed by atoms with van der Waals surface area (Å²) in [4.78, 5) is 0. The van der Waals surface area contributed by atoms with E-state index in [2.05, 4.69) is 257 Å². The van der Waals surface area contributed by atoms with Crippen molar-refractivity contribution in [2.24, 2.45) is 0 Å². The van der Waals surface area contributed by atoms with Crippen LogP contribution >= 0.6 is 0 Å². The summed E-state index contributed by atoms with van der Waals surface area (Å²) in [6.45, 7) is 13.0. The average Bonchev–Trinajstić information content (AvgIpc) is 3.83. The maximum absolute atomic E-state index is 2.51. The van der Waals surface area contributed by atoms with Crippen LogP contribution in [0.25, 0.3) is 101 Å². The van der Waals surface area contributed by atoms with Crippen molar-refractivity contribution in [1.82, 2.24) is 9.13 Å². The normalized spacial score (nSPS) is 12.6. The van der Waals surface area contributed by atoms with Crippen LogP contribution in [-0.2, 0) is 0 Å². The van der Waals surface area contributed by atoms with Crippen molar-refractivity contribution >= 4 is 50.9 Å². The van der Waals surface area contributed by atoms with Crippen LogP contribution < -0.4 is 10.4 Å². The third kappa shape index (κ3) is 7.21. The Morgan fingerprint density at radius 3 is 1.44 bits per heavy atom. The third-order valence-corrected chi connectivity index (χ3v) is 12.8. The lowest BCUT2D eigenvalue weighted by atomic mass is 9.96. The Kier molecular flexibility index (Phi) is 10.7. The van der Waals surface area contributed by atoms with Crippen molar-refractivity contribution in [2.75, 3.05) is 0 Å². The number of benzene rings is 8. The minimum atomic E-state index is 1.16. The highest BCUT2D eigenvalue weighted by Crippen LogP contribution is 2.44. The molecule has 64 heavy (non-hydrogen) atoms. The van der Waals surface area contributed by atoms with Crippen LogP contribution in [0.1, 0.15) is 34.7 Å². The molecule has 10 aromatic rings. The molecule has 0 bridgehead atoms. The maximum atomic E-state index is 2.51. The van der Waals surface area contributed by atoms with E-state index in [1.54, 1.807) is 0 Å². The first-order chi connectivity index (χ1) is 31.3. The third-order valence-electron chi connectivity index (χ3n) is 12.8. The van der Waals surface area contributed by atoms with Gasteiger partial charge in [-0.1, -0.05) is 198 Å². The molecule has 0 atom stereocenters. The SMILES string of the molecule is C/C=C/C=c1/ccc(-n2c(-c3ccc(C)cc3)c(-c3ccc(C)cc3)c3ccccc32)c2cc/c(=C/C=C/n3c(-c4ccc(C)cc4)c(-c4ccc(C)cc4)c4ccccc43)c(C)c12. The van der Waals surface area contributed by atoms with E-state index in [9.17, 15) is 0 Å². The van der Waals surface area contributed by atoms with Crippen molar-refractivity contribution in [2.45, 2.75) is 41.5 Å². The molecule has 0 aliphatic rings. The molecule has 2 heterocycles. The summed E-state index contributed by atoms with van der Waals surface area (Å²) in [5, 5.41) is 7.30. The van der Waals surface area contributed by atoms with Gasteiger partial charge in [-0.3, -0.25) is 0 Å². The number of aromatic nitrogens is 2. The van der Waals surface area contributed by atoms with E-state index < -0.39 is 0 Å². The fourth-order valence-electron chi connectivity index (χ4n) is 9.52. The van der Waals surface area contributed by atoms with Gasteiger partial charge in [-0.25, -0.2) is 0 Å². The van der Waals surface area contributed by atoms with Crippen LogP contribution in [-0.4, -0.2) is 9.13 Å². The first-order valence-electron chi connectivity index (χ1n) is 22.4. The average molecular weight is 825 g/mol. The van der Waals surface area contributed by atoms with Gasteiger partial charge in [-0.15, -0.1) is 0 Å². The van der Waals surface area contributed by atoms with Gasteiger partial charge in [-0.2, -0.15) is 0 Å². The summed E-state index contributed by atoms with van der Waals surface area (Å²) < 4.78 is 4.88. The zero-order valence-corrected chi connectivity index (χ0v) is 37.5. The number of fused-ring (bicyclic) bond motifs is 3. The highest BCUT2D eigenvalue weighted by atomic mass is 15.0. The van der Waals surface area contributed by atoms with Crippen molar-refractivity contribution in [1.29, 1.82) is 0 Å². The van der Waals surface area contributed by atoms with E-state index in [1.807, 2.05) is 0 Å². The second-order valence-electron chi connectivity index (χ2n) is 17.2. The molecule has 0 N–H and O–H groups in total. The molecule has 0 radical (unpaired) electrons. The molecule has 2 aromatic heterocycles. The second-order valence-corrected chi connectivity index (χ2v) is 17.2. The lowest BCUT2D eigenvalue weighted by Gasteiger charge is -2.17. The van der Waals surface area contributed by atoms with Gasteiger partial charge in [-0.05, 0) is 109 Å². The lowest BCUT2D eigenvalue weighted by Crippen LogP contribution is -2.14. The Bertz CT molecular complexity index is 3550. The molecule has 8 aromatic carbocycles. The number of hydrogen-bond donors (Lipinski definition) is 0. The van der Waals surface area contributed by atoms with Gasteiger partial charge in [0.1, 0.15) is 0 Å². The Morgan fingerprint density at radius 2 is 0.859 bits per heavy atom. The van der Waals surface area contributed by atoms with E-state index in [-0.39, 0.29) is 0 Å². The molecule has 0 aliphatic heterocycles. The van der Waals surface area contributed by atoms with E-state index in [4.69, 9.17) is 0 Å². The van der Waals surface area contributed by atoms with E-state index in [0.29, 0.717) is 0 Å². The number of rotatable bonds is 8. The molecule has 10 rings (SSSR count). The van der Waals surface area contributed by atoms with Crippen molar-refractivity contribution in [3.8, 4) is 50.5 Å². The molecule has 0 fully saturated rings. The number of hydrogen-bond acceptors (Lipinski definition) is 0. The van der Waals surface area contributed by atoms with Gasteiger partial charge in [0.15, 0.2) is 0 Å². The number of nitrogens with zero attached hydrogens (tertiary/aromatic N) is 2. The smallest absolute Gasteiger partial charge is 0.0619 e. The Labute approximate surface area is 376 Å². The molecule has 2 heteroatoms. The highest BCUT2D eigenvalue weighted by Gasteiger charge is 2.23. The van der Waals surface area contributed by atoms with E-state index >= 15 is 0 Å². The fraction of sp³-hybridized carbons (Fsp3) is 0.0968. The lowest BCUT2D eigenvalue weighted by molar-refractivity contribution is 1.15. The van der Waals surface area contributed by atoms with Gasteiger partial charge in [0.2, 0.25) is 0 Å². The zero-order valence-electron chi connectivity index (χ0n) is 37.5. The molecule has 2 nitrogen and oxygen atoms in total. The van der Waals surface area contributed by atoms with Gasteiger partial charge in [0.05, 0.1) is 28.1 Å². The quantitative estimate of drug-likeness (QED) is 0.144. The molecule has 310 valence electrons. The molecule has 0 unspecified atom stereocenters. The summed E-state index contributed by atoms with van der Waals surface area (Å²) in [7, 11) is 0. The molecule has 0 spiro atoms. The largest absolute Gasteiger partial charge is 0.315 e. The summed E-state index contributed by atoms with van der Waals surface area (Å²) in [5.41, 5.74) is 19.4. The van der Waals surface area contributed by atoms with Crippen LogP contribution in [0.4, 0.5) is 0 Å². The predicted molar refractivity (Wildman–Crippen MR) is 276 cm³/mol. The van der Waals surface area contributed by atoms with Crippen LogP contribution in [0.2, 0.25) is 0 Å². The molecular formula is C62H52N2. The van der Waals surface area contributed by atoms with E-state index in [0.717, 1.165) is 5.69 Å². The molecule has 0 aliphatic carbocycles. The summed E-state index contributed by atoms with van der Waals surface area (Å²) >= 11 is 0. The molecule has 0 amide bonds. The first kappa shape index (κ1) is 40.4. The van der Waals surface area contributed by atoms with Crippen LogP contribution in [0.15, 0.2) is 188 Å². The van der Waals surface area contributed by atoms with Crippen LogP contribution in [0.5, 0.6) is 0 Å². The minimum absolute atomic E-state index is 1.16. The molecular weight excluding hydrogens is 773 g/mol. The maximum Gasteiger partial charge on any atom is 0.0619 e. The van der Waals surface area contributed by atoms with Gasteiger partial charge in [0, 0.05) is 33.5 Å². The van der Waals surface area contributed by atoms with E-state index in [1.165, 1.54) is 116 Å². The molecule has 0 saturated carbocycles. The fourth-order valence-corrected chi connectivity index (χ4v) is 9.52. The first-order valence-corrected chi connectivity index (χ1v) is 22.4. The van der Waals surface area contributed by atoms with Gasteiger partial charge >= 0.3 is 0 Å². The highest BCUT2D eigenvalue weighted by molar-refractivity contribution is 6.08. The standard InChI is InChI=1S/C62H52N2/c1-7-8-14-47-37-39-57(64-56-19-12-10-17-53(56)60(49-30-22-42(3)23-31-49)62(64)51-34-26-44(5)27-35-51)54-38-36-46(45(6)58(47)54)15-13-40-63-55-18-11-9-16-52(55)59(48-28-20-41(2)21-29-48)61(63)50-32-24-43(4)25-33-50/h7-40H,1-6H3/b8-7+,40-13+,46-15-,47-14-. The Morgan fingerprint density at radius 1 is 0.391 bits per heavy atom. The summed E-state index contributed by atoms with van der Waals surface area (Å²) in [5.74, 6) is 0. The second kappa shape index (κ2) is 16.9. The number of allylic oxidation sites excluding steroid dienone is 3. The number of para-hydroxylation sites is 2. The minimum Gasteiger partial charge on any atom is -0.315 e. The van der Waals surface area contributed by atoms with Crippen molar-refractivity contribution in [3.05, 3.63) is 226 Å².